The molecule has 9 nitrogen and oxygen atoms in total. The Labute approximate surface area is 141 Å². The molecule has 10 heteroatoms. The first kappa shape index (κ1) is 20.5. The summed E-state index contributed by atoms with van der Waals surface area (Å²) in [4.78, 5) is 15.1. The van der Waals surface area contributed by atoms with E-state index >= 15 is 0 Å². The van der Waals surface area contributed by atoms with Crippen LogP contribution in [0.15, 0.2) is 16.6 Å². The Morgan fingerprint density at radius 2 is 1.92 bits per heavy atom. The van der Waals surface area contributed by atoms with E-state index in [1.807, 2.05) is 0 Å². The highest BCUT2D eigenvalue weighted by molar-refractivity contribution is 7.53. The second kappa shape index (κ2) is 8.53. The number of azide groups is 1. The van der Waals surface area contributed by atoms with Gasteiger partial charge in [-0.15, -0.1) is 0 Å². The molecule has 0 saturated heterocycles. The Bertz CT molecular complexity index is 591. The zero-order valence-electron chi connectivity index (χ0n) is 14.6. The van der Waals surface area contributed by atoms with E-state index in [0.717, 1.165) is 0 Å². The van der Waals surface area contributed by atoms with Crippen molar-refractivity contribution in [3.8, 4) is 0 Å². The van der Waals surface area contributed by atoms with Crippen molar-refractivity contribution in [2.24, 2.45) is 11.0 Å². The molecule has 24 heavy (non-hydrogen) atoms. The van der Waals surface area contributed by atoms with Crippen LogP contribution in [0.1, 0.15) is 34.6 Å². The lowest BCUT2D eigenvalue weighted by atomic mass is 9.90. The number of carbonyl (C=O) groups is 1. The monoisotopic (exact) mass is 361 g/mol. The molecule has 2 atom stereocenters. The Morgan fingerprint density at radius 3 is 2.38 bits per heavy atom. The lowest BCUT2D eigenvalue weighted by molar-refractivity contribution is -0.152. The molecule has 1 rings (SSSR count). The van der Waals surface area contributed by atoms with E-state index in [9.17, 15) is 9.36 Å². The highest BCUT2D eigenvalue weighted by atomic mass is 31.2. The van der Waals surface area contributed by atoms with Gasteiger partial charge < -0.3 is 18.5 Å². The molecule has 1 aliphatic heterocycles. The lowest BCUT2D eigenvalue weighted by Gasteiger charge is -2.33. The molecular weight excluding hydrogens is 337 g/mol. The molecule has 0 N–H and O–H groups in total. The molecule has 0 aliphatic carbocycles. The summed E-state index contributed by atoms with van der Waals surface area (Å²) >= 11 is 0. The average Bonchev–Trinajstić information content (AvgIpc) is 2.70. The minimum Gasteiger partial charge on any atom is -0.490 e. The molecule has 0 radical (unpaired) electrons. The molecule has 0 amide bonds. The number of carbonyl (C=O) groups excluding carboxylic acids is 1. The van der Waals surface area contributed by atoms with Gasteiger partial charge in [-0.2, -0.15) is 0 Å². The van der Waals surface area contributed by atoms with Crippen molar-refractivity contribution >= 4 is 13.6 Å². The number of hydrogen-bond donors (Lipinski definition) is 0. The molecule has 0 bridgehead atoms. The molecule has 0 fully saturated rings. The van der Waals surface area contributed by atoms with Crippen molar-refractivity contribution in [2.75, 3.05) is 26.0 Å². The molecule has 0 aromatic rings. The van der Waals surface area contributed by atoms with E-state index in [4.69, 9.17) is 24.1 Å². The highest BCUT2D eigenvalue weighted by Crippen LogP contribution is 2.55. The second-order valence-electron chi connectivity index (χ2n) is 5.34. The van der Waals surface area contributed by atoms with E-state index in [-0.39, 0.29) is 37.4 Å². The minimum atomic E-state index is -3.50. The predicted molar refractivity (Wildman–Crippen MR) is 87.2 cm³/mol. The van der Waals surface area contributed by atoms with Gasteiger partial charge in [0.2, 0.25) is 0 Å². The van der Waals surface area contributed by atoms with Crippen molar-refractivity contribution in [3.63, 3.8) is 0 Å². The summed E-state index contributed by atoms with van der Waals surface area (Å²) in [5.74, 6) is -1.34. The molecule has 136 valence electrons. The van der Waals surface area contributed by atoms with E-state index < -0.39 is 25.1 Å². The van der Waals surface area contributed by atoms with Crippen LogP contribution in [-0.2, 0) is 27.9 Å². The van der Waals surface area contributed by atoms with Gasteiger partial charge in [-0.25, -0.2) is 0 Å². The Balaban J connectivity index is 3.25. The lowest BCUT2D eigenvalue weighted by Crippen LogP contribution is -2.42. The maximum atomic E-state index is 12.9. The third kappa shape index (κ3) is 4.51. The predicted octanol–water partition coefficient (Wildman–Crippen LogP) is 3.76. The van der Waals surface area contributed by atoms with Crippen LogP contribution in [-0.4, -0.2) is 37.6 Å². The quantitative estimate of drug-likeness (QED) is 0.203. The van der Waals surface area contributed by atoms with Crippen LogP contribution >= 0.6 is 7.60 Å². The Morgan fingerprint density at radius 1 is 1.33 bits per heavy atom. The summed E-state index contributed by atoms with van der Waals surface area (Å²) in [5.41, 5.74) is 7.62. The van der Waals surface area contributed by atoms with Crippen LogP contribution in [0.3, 0.4) is 0 Å². The van der Waals surface area contributed by atoms with E-state index in [1.54, 1.807) is 34.6 Å². The summed E-state index contributed by atoms with van der Waals surface area (Å²) in [6.07, 6.45) is -0.174. The maximum Gasteiger partial charge on any atom is 0.334 e. The van der Waals surface area contributed by atoms with Crippen molar-refractivity contribution in [1.29, 1.82) is 0 Å². The van der Waals surface area contributed by atoms with Crippen LogP contribution in [0, 0.1) is 5.92 Å². The zero-order chi connectivity index (χ0) is 18.4. The van der Waals surface area contributed by atoms with Gasteiger partial charge in [0, 0.05) is 4.91 Å². The van der Waals surface area contributed by atoms with Gasteiger partial charge in [-0.3, -0.25) is 9.36 Å². The van der Waals surface area contributed by atoms with E-state index in [1.165, 1.54) is 0 Å². The number of nitrogens with zero attached hydrogens (tertiary/aromatic N) is 3. The van der Waals surface area contributed by atoms with Crippen molar-refractivity contribution in [1.82, 2.24) is 0 Å². The summed E-state index contributed by atoms with van der Waals surface area (Å²) in [6, 6.07) is 0. The molecule has 0 aromatic heterocycles. The number of esters is 1. The fourth-order valence-electron chi connectivity index (χ4n) is 2.75. The molecule has 1 heterocycles. The van der Waals surface area contributed by atoms with E-state index in [0.29, 0.717) is 0 Å². The number of ether oxygens (including phenoxy) is 2. The largest absolute Gasteiger partial charge is 0.490 e. The summed E-state index contributed by atoms with van der Waals surface area (Å²) < 4.78 is 34.3. The van der Waals surface area contributed by atoms with Gasteiger partial charge in [0.1, 0.15) is 17.3 Å². The van der Waals surface area contributed by atoms with Gasteiger partial charge in [0.05, 0.1) is 31.7 Å². The fraction of sp³-hybridized carbons (Fsp3) is 0.786. The summed E-state index contributed by atoms with van der Waals surface area (Å²) in [6.45, 7) is 8.77. The van der Waals surface area contributed by atoms with Gasteiger partial charge in [-0.1, -0.05) is 5.11 Å². The maximum absolute atomic E-state index is 12.9. The van der Waals surface area contributed by atoms with Crippen LogP contribution in [0.25, 0.3) is 10.4 Å². The zero-order valence-corrected chi connectivity index (χ0v) is 15.5. The average molecular weight is 361 g/mol. The highest BCUT2D eigenvalue weighted by Gasteiger charge is 2.54. The van der Waals surface area contributed by atoms with Crippen molar-refractivity contribution in [3.05, 3.63) is 21.9 Å². The minimum absolute atomic E-state index is 0.123. The van der Waals surface area contributed by atoms with Crippen LogP contribution in [0.4, 0.5) is 0 Å². The second-order valence-corrected chi connectivity index (χ2v) is 7.39. The van der Waals surface area contributed by atoms with Crippen molar-refractivity contribution in [2.45, 2.75) is 40.2 Å². The first-order valence-electron chi connectivity index (χ1n) is 7.76. The third-order valence-electron chi connectivity index (χ3n) is 3.46. The topological polar surface area (TPSA) is 120 Å². The fourth-order valence-corrected chi connectivity index (χ4v) is 4.81. The molecule has 0 aromatic carbocycles. The number of hydrogen-bond acceptors (Lipinski definition) is 7. The molecule has 0 saturated carbocycles. The summed E-state index contributed by atoms with van der Waals surface area (Å²) in [7, 11) is -3.50. The third-order valence-corrected chi connectivity index (χ3v) is 5.78. The van der Waals surface area contributed by atoms with Crippen LogP contribution in [0.2, 0.25) is 0 Å². The van der Waals surface area contributed by atoms with Crippen LogP contribution in [0.5, 0.6) is 0 Å². The normalized spacial score (nSPS) is 23.6. The Hall–Kier alpha value is -1.53. The standard InChI is InChI=1S/C14H24N3O6P/c1-6-20-13(18)11-12(16-17-15)10(4)23-14(11,5)9-24(19,21-7-2)22-8-3/h11H,6-9H2,1-5H3. The van der Waals surface area contributed by atoms with E-state index in [2.05, 4.69) is 10.0 Å². The first-order chi connectivity index (χ1) is 11.3. The molecule has 1 aliphatic rings. The smallest absolute Gasteiger partial charge is 0.334 e. The molecular formula is C14H24N3O6P. The first-order valence-corrected chi connectivity index (χ1v) is 9.49. The molecule has 2 unspecified atom stereocenters. The number of rotatable bonds is 9. The SMILES string of the molecule is CCOC(=O)C1C(N=[N+]=[N-])=C(C)OC1(C)CP(=O)(OCC)OCC. The van der Waals surface area contributed by atoms with Gasteiger partial charge in [0.25, 0.3) is 0 Å². The van der Waals surface area contributed by atoms with Crippen molar-refractivity contribution < 1.29 is 27.9 Å². The molecule has 0 spiro atoms. The van der Waals surface area contributed by atoms with Gasteiger partial charge in [-0.05, 0) is 40.1 Å². The number of allylic oxidation sites excluding steroid dienone is 1. The summed E-state index contributed by atoms with van der Waals surface area (Å²) in [5, 5.41) is 3.57. The van der Waals surface area contributed by atoms with Crippen LogP contribution < -0.4 is 0 Å². The van der Waals surface area contributed by atoms with Gasteiger partial charge >= 0.3 is 13.6 Å². The van der Waals surface area contributed by atoms with Gasteiger partial charge in [0.15, 0.2) is 0 Å². The Kier molecular flexibility index (Phi) is 7.29.